The molecule has 0 spiro atoms. The van der Waals surface area contributed by atoms with Crippen LogP contribution in [-0.2, 0) is 0 Å². The van der Waals surface area contributed by atoms with E-state index in [0.29, 0.717) is 5.75 Å². The minimum atomic E-state index is -0.220. The second kappa shape index (κ2) is 6.17. The third kappa shape index (κ3) is 2.99. The zero-order valence-corrected chi connectivity index (χ0v) is 13.1. The van der Waals surface area contributed by atoms with E-state index in [0.717, 1.165) is 37.9 Å². The molecule has 3 nitrogen and oxygen atoms in total. The molecule has 1 atom stereocenters. The van der Waals surface area contributed by atoms with Gasteiger partial charge in [0.25, 0.3) is 0 Å². The largest absolute Gasteiger partial charge is 0.490 e. The molecule has 0 amide bonds. The summed E-state index contributed by atoms with van der Waals surface area (Å²) in [6.45, 7) is 6.12. The molecule has 1 aromatic rings. The van der Waals surface area contributed by atoms with Gasteiger partial charge < -0.3 is 9.64 Å². The molecule has 4 heterocycles. The Hall–Kier alpha value is -1.13. The van der Waals surface area contributed by atoms with Gasteiger partial charge in [0, 0.05) is 31.7 Å². The van der Waals surface area contributed by atoms with Crippen molar-refractivity contribution in [3.63, 3.8) is 0 Å². The normalized spacial score (nSPS) is 33.0. The summed E-state index contributed by atoms with van der Waals surface area (Å²) >= 11 is 0. The summed E-state index contributed by atoms with van der Waals surface area (Å²) < 4.78 is 19.2. The highest BCUT2D eigenvalue weighted by atomic mass is 19.1. The van der Waals surface area contributed by atoms with Gasteiger partial charge in [-0.2, -0.15) is 0 Å². The summed E-state index contributed by atoms with van der Waals surface area (Å²) in [4.78, 5) is 5.31. The zero-order valence-electron chi connectivity index (χ0n) is 13.1. The highest BCUT2D eigenvalue weighted by Crippen LogP contribution is 2.32. The Balaban J connectivity index is 1.31. The first-order valence-corrected chi connectivity index (χ1v) is 8.66. The van der Waals surface area contributed by atoms with Crippen molar-refractivity contribution in [2.24, 2.45) is 5.92 Å². The van der Waals surface area contributed by atoms with Crippen LogP contribution in [0.3, 0.4) is 0 Å². The van der Waals surface area contributed by atoms with Crippen LogP contribution in [0, 0.1) is 11.7 Å². The minimum Gasteiger partial charge on any atom is -0.490 e. The number of fused-ring (bicyclic) bond motifs is 3. The van der Waals surface area contributed by atoms with Gasteiger partial charge in [0.15, 0.2) is 0 Å². The van der Waals surface area contributed by atoms with Crippen molar-refractivity contribution >= 4 is 0 Å². The Morgan fingerprint density at radius 2 is 1.77 bits per heavy atom. The highest BCUT2D eigenvalue weighted by Gasteiger charge is 2.38. The lowest BCUT2D eigenvalue weighted by Gasteiger charge is -2.50. The van der Waals surface area contributed by atoms with Gasteiger partial charge in [-0.3, -0.25) is 4.90 Å². The predicted molar refractivity (Wildman–Crippen MR) is 84.6 cm³/mol. The van der Waals surface area contributed by atoms with Gasteiger partial charge in [0.1, 0.15) is 17.7 Å². The van der Waals surface area contributed by atoms with Crippen molar-refractivity contribution in [3.8, 4) is 5.75 Å². The maximum atomic E-state index is 13.2. The van der Waals surface area contributed by atoms with Gasteiger partial charge in [-0.1, -0.05) is 6.07 Å². The van der Waals surface area contributed by atoms with Crippen molar-refractivity contribution < 1.29 is 9.13 Å². The SMILES string of the molecule is Fc1cccc(OC2CCN(C3CN4CCC3CC4)CC2)c1. The summed E-state index contributed by atoms with van der Waals surface area (Å²) in [5.41, 5.74) is 0. The summed E-state index contributed by atoms with van der Waals surface area (Å²) in [6.07, 6.45) is 5.10. The van der Waals surface area contributed by atoms with E-state index in [-0.39, 0.29) is 11.9 Å². The van der Waals surface area contributed by atoms with Crippen LogP contribution in [0.1, 0.15) is 25.7 Å². The Labute approximate surface area is 132 Å². The lowest BCUT2D eigenvalue weighted by Crippen LogP contribution is -2.59. The second-order valence-electron chi connectivity index (χ2n) is 7.02. The maximum absolute atomic E-state index is 13.2. The number of hydrogen-bond acceptors (Lipinski definition) is 3. The number of nitrogens with zero attached hydrogens (tertiary/aromatic N) is 2. The second-order valence-corrected chi connectivity index (χ2v) is 7.02. The molecule has 120 valence electrons. The van der Waals surface area contributed by atoms with Crippen molar-refractivity contribution in [1.82, 2.24) is 9.80 Å². The number of likely N-dealkylation sites (tertiary alicyclic amines) is 1. The van der Waals surface area contributed by atoms with Gasteiger partial charge in [-0.25, -0.2) is 4.39 Å². The monoisotopic (exact) mass is 304 g/mol. The summed E-state index contributed by atoms with van der Waals surface area (Å²) in [5, 5.41) is 0. The van der Waals surface area contributed by atoms with Gasteiger partial charge in [-0.15, -0.1) is 0 Å². The lowest BCUT2D eigenvalue weighted by atomic mass is 9.82. The average molecular weight is 304 g/mol. The fraction of sp³-hybridized carbons (Fsp3) is 0.667. The molecule has 0 aliphatic carbocycles. The van der Waals surface area contributed by atoms with Crippen molar-refractivity contribution in [3.05, 3.63) is 30.1 Å². The van der Waals surface area contributed by atoms with Gasteiger partial charge in [0.2, 0.25) is 0 Å². The third-order valence-electron chi connectivity index (χ3n) is 5.67. The quantitative estimate of drug-likeness (QED) is 0.854. The van der Waals surface area contributed by atoms with Gasteiger partial charge >= 0.3 is 0 Å². The van der Waals surface area contributed by atoms with Crippen LogP contribution in [0.2, 0.25) is 0 Å². The van der Waals surface area contributed by atoms with E-state index in [1.54, 1.807) is 6.07 Å². The third-order valence-corrected chi connectivity index (χ3v) is 5.67. The fourth-order valence-electron chi connectivity index (χ4n) is 4.41. The molecule has 4 saturated heterocycles. The first kappa shape index (κ1) is 14.5. The fourth-order valence-corrected chi connectivity index (χ4v) is 4.41. The molecule has 2 bridgehead atoms. The van der Waals surface area contributed by atoms with Crippen molar-refractivity contribution in [2.75, 3.05) is 32.7 Å². The topological polar surface area (TPSA) is 15.7 Å². The van der Waals surface area contributed by atoms with Crippen LogP contribution in [0.4, 0.5) is 4.39 Å². The molecule has 4 heteroatoms. The molecule has 5 rings (SSSR count). The van der Waals surface area contributed by atoms with Crippen LogP contribution in [0.15, 0.2) is 24.3 Å². The van der Waals surface area contributed by atoms with Gasteiger partial charge in [0.05, 0.1) is 0 Å². The van der Waals surface area contributed by atoms with E-state index in [2.05, 4.69) is 9.80 Å². The predicted octanol–water partition coefficient (Wildman–Crippen LogP) is 2.76. The lowest BCUT2D eigenvalue weighted by molar-refractivity contribution is -0.0178. The molecular weight excluding hydrogens is 279 g/mol. The standard InChI is InChI=1S/C18H25FN2O/c19-15-2-1-3-17(12-15)22-16-6-10-21(11-7-16)18-13-20-8-4-14(18)5-9-20/h1-3,12,14,16,18H,4-11,13H2. The first-order chi connectivity index (χ1) is 10.8. The molecule has 1 aromatic carbocycles. The Morgan fingerprint density at radius 3 is 2.41 bits per heavy atom. The number of ether oxygens (including phenoxy) is 1. The highest BCUT2D eigenvalue weighted by molar-refractivity contribution is 5.22. The molecule has 4 aliphatic rings. The number of rotatable bonds is 3. The Kier molecular flexibility index (Phi) is 4.05. The van der Waals surface area contributed by atoms with E-state index < -0.39 is 0 Å². The van der Waals surface area contributed by atoms with Crippen molar-refractivity contribution in [2.45, 2.75) is 37.8 Å². The summed E-state index contributed by atoms with van der Waals surface area (Å²) in [6, 6.07) is 7.27. The van der Waals surface area contributed by atoms with Crippen LogP contribution in [-0.4, -0.2) is 54.7 Å². The smallest absolute Gasteiger partial charge is 0.126 e. The molecule has 22 heavy (non-hydrogen) atoms. The van der Waals surface area contributed by atoms with E-state index in [1.165, 1.54) is 44.6 Å². The molecule has 0 radical (unpaired) electrons. The van der Waals surface area contributed by atoms with Crippen molar-refractivity contribution in [1.29, 1.82) is 0 Å². The maximum Gasteiger partial charge on any atom is 0.126 e. The molecule has 0 N–H and O–H groups in total. The number of benzene rings is 1. The molecule has 0 aromatic heterocycles. The van der Waals surface area contributed by atoms with Crippen LogP contribution >= 0.6 is 0 Å². The van der Waals surface area contributed by atoms with Crippen LogP contribution in [0.25, 0.3) is 0 Å². The average Bonchev–Trinajstić information content (AvgIpc) is 2.57. The summed E-state index contributed by atoms with van der Waals surface area (Å²) in [5.74, 6) is 1.36. The number of hydrogen-bond donors (Lipinski definition) is 0. The molecule has 4 fully saturated rings. The molecule has 1 unspecified atom stereocenters. The first-order valence-electron chi connectivity index (χ1n) is 8.66. The van der Waals surface area contributed by atoms with E-state index in [4.69, 9.17) is 4.74 Å². The molecular formula is C18H25FN2O. The molecule has 4 aliphatic heterocycles. The van der Waals surface area contributed by atoms with Crippen LogP contribution in [0.5, 0.6) is 5.75 Å². The minimum absolute atomic E-state index is 0.220. The number of halogens is 1. The van der Waals surface area contributed by atoms with E-state index >= 15 is 0 Å². The summed E-state index contributed by atoms with van der Waals surface area (Å²) in [7, 11) is 0. The van der Waals surface area contributed by atoms with E-state index in [9.17, 15) is 4.39 Å². The van der Waals surface area contributed by atoms with Gasteiger partial charge in [-0.05, 0) is 56.8 Å². The van der Waals surface area contributed by atoms with E-state index in [1.807, 2.05) is 6.07 Å². The van der Waals surface area contributed by atoms with Crippen LogP contribution < -0.4 is 4.74 Å². The molecule has 0 saturated carbocycles. The Morgan fingerprint density at radius 1 is 1.00 bits per heavy atom. The zero-order chi connectivity index (χ0) is 14.9. The number of piperidine rings is 4. The Bertz CT molecular complexity index is 508.